The van der Waals surface area contributed by atoms with E-state index in [2.05, 4.69) is 57.7 Å². The number of para-hydroxylation sites is 1. The summed E-state index contributed by atoms with van der Waals surface area (Å²) < 4.78 is 5.62. The third-order valence-electron chi connectivity index (χ3n) is 6.91. The topological polar surface area (TPSA) is 57.2 Å². The smallest absolute Gasteiger partial charge is 0.222 e. The lowest BCUT2D eigenvalue weighted by Gasteiger charge is -2.23. The van der Waals surface area contributed by atoms with E-state index in [9.17, 15) is 4.79 Å². The minimum Gasteiger partial charge on any atom is -0.493 e. The zero-order chi connectivity index (χ0) is 21.9. The first-order valence-corrected chi connectivity index (χ1v) is 11.8. The summed E-state index contributed by atoms with van der Waals surface area (Å²) in [4.78, 5) is 20.9. The molecule has 0 aromatic heterocycles. The molecule has 0 radical (unpaired) electrons. The minimum atomic E-state index is 0.309. The van der Waals surface area contributed by atoms with Crippen LogP contribution in [-0.4, -0.2) is 56.6 Å². The lowest BCUT2D eigenvalue weighted by molar-refractivity contribution is -0.127. The number of carbonyl (C=O) groups is 1. The number of anilines is 1. The number of carbonyl (C=O) groups excluding carboxylic acids is 1. The number of amides is 1. The summed E-state index contributed by atoms with van der Waals surface area (Å²) in [7, 11) is 1.86. The van der Waals surface area contributed by atoms with Crippen molar-refractivity contribution in [2.45, 2.75) is 38.0 Å². The van der Waals surface area contributed by atoms with Crippen molar-refractivity contribution >= 4 is 17.6 Å². The van der Waals surface area contributed by atoms with Crippen LogP contribution in [0, 0.1) is 0 Å². The van der Waals surface area contributed by atoms with Crippen LogP contribution in [0.15, 0.2) is 47.5 Å². The number of hydrogen-bond donors (Lipinski definition) is 1. The van der Waals surface area contributed by atoms with E-state index in [0.29, 0.717) is 18.2 Å². The summed E-state index contributed by atoms with van der Waals surface area (Å²) in [5, 5.41) is 3.57. The van der Waals surface area contributed by atoms with Crippen molar-refractivity contribution < 1.29 is 9.53 Å². The van der Waals surface area contributed by atoms with Gasteiger partial charge in [-0.25, -0.2) is 0 Å². The molecule has 1 unspecified atom stereocenters. The van der Waals surface area contributed by atoms with Crippen molar-refractivity contribution in [1.29, 1.82) is 0 Å². The number of hydrogen-bond acceptors (Lipinski definition) is 3. The fourth-order valence-corrected chi connectivity index (χ4v) is 5.20. The normalized spacial score (nSPS) is 19.8. The Morgan fingerprint density at radius 1 is 1.22 bits per heavy atom. The number of nitrogens with one attached hydrogen (secondary N) is 1. The van der Waals surface area contributed by atoms with Crippen molar-refractivity contribution in [3.63, 3.8) is 0 Å². The number of ether oxygens (including phenoxy) is 1. The van der Waals surface area contributed by atoms with Gasteiger partial charge in [0.05, 0.1) is 6.61 Å². The molecular weight excluding hydrogens is 400 g/mol. The molecule has 5 rings (SSSR count). The molecule has 0 bridgehead atoms. The first kappa shape index (κ1) is 20.9. The number of benzene rings is 2. The largest absolute Gasteiger partial charge is 0.493 e. The van der Waals surface area contributed by atoms with Gasteiger partial charge in [-0.05, 0) is 48.1 Å². The molecule has 1 fully saturated rings. The molecule has 1 atom stereocenters. The van der Waals surface area contributed by atoms with Gasteiger partial charge in [-0.2, -0.15) is 0 Å². The summed E-state index contributed by atoms with van der Waals surface area (Å²) >= 11 is 0. The van der Waals surface area contributed by atoms with E-state index in [4.69, 9.17) is 4.74 Å². The van der Waals surface area contributed by atoms with Crippen molar-refractivity contribution in [1.82, 2.24) is 10.2 Å². The first-order chi connectivity index (χ1) is 15.7. The average Bonchev–Trinajstić information content (AvgIpc) is 3.54. The van der Waals surface area contributed by atoms with Crippen LogP contribution in [0.2, 0.25) is 0 Å². The summed E-state index contributed by atoms with van der Waals surface area (Å²) in [6.07, 6.45) is 4.66. The SMILES string of the molecule is CN=C(NCCc1ccc2c(c1)CCO2)N1CC(CCN2CCCC2=O)c2ccccc21. The number of guanidine groups is 1. The molecule has 3 aliphatic rings. The monoisotopic (exact) mass is 432 g/mol. The zero-order valence-electron chi connectivity index (χ0n) is 18.8. The van der Waals surface area contributed by atoms with E-state index in [1.165, 1.54) is 22.4 Å². The number of nitrogens with zero attached hydrogens (tertiary/aromatic N) is 3. The Morgan fingerprint density at radius 2 is 2.12 bits per heavy atom. The fourth-order valence-electron chi connectivity index (χ4n) is 5.20. The van der Waals surface area contributed by atoms with Gasteiger partial charge in [0, 0.05) is 57.7 Å². The van der Waals surface area contributed by atoms with E-state index in [1.807, 2.05) is 11.9 Å². The van der Waals surface area contributed by atoms with Crippen LogP contribution >= 0.6 is 0 Å². The molecule has 6 heteroatoms. The van der Waals surface area contributed by atoms with Crippen LogP contribution < -0.4 is 15.0 Å². The molecule has 168 valence electrons. The van der Waals surface area contributed by atoms with Gasteiger partial charge in [-0.15, -0.1) is 0 Å². The van der Waals surface area contributed by atoms with Crippen molar-refractivity contribution in [3.05, 3.63) is 59.2 Å². The lowest BCUT2D eigenvalue weighted by atomic mass is 9.98. The van der Waals surface area contributed by atoms with Crippen molar-refractivity contribution in [2.24, 2.45) is 4.99 Å². The second-order valence-electron chi connectivity index (χ2n) is 8.90. The summed E-state index contributed by atoms with van der Waals surface area (Å²) in [5.41, 5.74) is 5.24. The Bertz CT molecular complexity index is 1020. The number of fused-ring (bicyclic) bond motifs is 2. The quantitative estimate of drug-likeness (QED) is 0.562. The molecule has 2 aromatic carbocycles. The summed E-state index contributed by atoms with van der Waals surface area (Å²) in [6.45, 7) is 4.29. The van der Waals surface area contributed by atoms with E-state index in [0.717, 1.165) is 70.2 Å². The van der Waals surface area contributed by atoms with E-state index < -0.39 is 0 Å². The second kappa shape index (κ2) is 9.23. The molecule has 0 saturated carbocycles. The van der Waals surface area contributed by atoms with Crippen LogP contribution in [0.5, 0.6) is 5.75 Å². The maximum Gasteiger partial charge on any atom is 0.222 e. The maximum absolute atomic E-state index is 12.0. The molecule has 6 nitrogen and oxygen atoms in total. The Kier molecular flexibility index (Phi) is 6.02. The van der Waals surface area contributed by atoms with E-state index in [1.54, 1.807) is 0 Å². The van der Waals surface area contributed by atoms with Gasteiger partial charge in [-0.1, -0.05) is 30.3 Å². The van der Waals surface area contributed by atoms with Gasteiger partial charge in [-0.3, -0.25) is 9.79 Å². The Labute approximate surface area is 190 Å². The molecule has 0 spiro atoms. The van der Waals surface area contributed by atoms with Gasteiger partial charge in [0.25, 0.3) is 0 Å². The summed E-state index contributed by atoms with van der Waals surface area (Å²) in [5.74, 6) is 2.67. The minimum absolute atomic E-state index is 0.309. The Morgan fingerprint density at radius 3 is 2.97 bits per heavy atom. The molecule has 3 heterocycles. The van der Waals surface area contributed by atoms with Gasteiger partial charge in [0.15, 0.2) is 5.96 Å². The van der Waals surface area contributed by atoms with Crippen LogP contribution in [0.3, 0.4) is 0 Å². The predicted octanol–water partition coefficient (Wildman–Crippen LogP) is 3.36. The lowest BCUT2D eigenvalue weighted by Crippen LogP contribution is -2.42. The van der Waals surface area contributed by atoms with Gasteiger partial charge in [0.2, 0.25) is 5.91 Å². The number of likely N-dealkylation sites (tertiary alicyclic amines) is 1. The fraction of sp³-hybridized carbons (Fsp3) is 0.462. The molecule has 2 aromatic rings. The highest BCUT2D eigenvalue weighted by Gasteiger charge is 2.32. The highest BCUT2D eigenvalue weighted by Crippen LogP contribution is 2.38. The second-order valence-corrected chi connectivity index (χ2v) is 8.90. The van der Waals surface area contributed by atoms with Crippen molar-refractivity contribution in [3.8, 4) is 5.75 Å². The molecular formula is C26H32N4O2. The van der Waals surface area contributed by atoms with Crippen LogP contribution in [-0.2, 0) is 17.6 Å². The van der Waals surface area contributed by atoms with Gasteiger partial charge in [0.1, 0.15) is 5.75 Å². The summed E-state index contributed by atoms with van der Waals surface area (Å²) in [6, 6.07) is 15.2. The Balaban J connectivity index is 1.22. The molecule has 32 heavy (non-hydrogen) atoms. The van der Waals surface area contributed by atoms with Crippen molar-refractivity contribution in [2.75, 3.05) is 44.7 Å². The standard InChI is InChI=1S/C26H32N4O2/c1-27-26(28-13-10-19-8-9-24-20(17-19)12-16-32-24)30-18-21(22-5-2-3-6-23(22)30)11-15-29-14-4-7-25(29)31/h2-3,5-6,8-9,17,21H,4,7,10-16,18H2,1H3,(H,27,28). The third-order valence-corrected chi connectivity index (χ3v) is 6.91. The van der Waals surface area contributed by atoms with Crippen LogP contribution in [0.4, 0.5) is 5.69 Å². The third kappa shape index (κ3) is 4.18. The number of rotatable bonds is 6. The molecule has 1 saturated heterocycles. The average molecular weight is 433 g/mol. The zero-order valence-corrected chi connectivity index (χ0v) is 18.8. The highest BCUT2D eigenvalue weighted by molar-refractivity contribution is 5.98. The molecule has 1 amide bonds. The molecule has 0 aliphatic carbocycles. The van der Waals surface area contributed by atoms with E-state index >= 15 is 0 Å². The predicted molar refractivity (Wildman–Crippen MR) is 128 cm³/mol. The van der Waals surface area contributed by atoms with Gasteiger partial charge >= 0.3 is 0 Å². The van der Waals surface area contributed by atoms with E-state index in [-0.39, 0.29) is 0 Å². The molecule has 3 aliphatic heterocycles. The Hall–Kier alpha value is -3.02. The first-order valence-electron chi connectivity index (χ1n) is 11.8. The number of aliphatic imine (C=N–C) groups is 1. The highest BCUT2D eigenvalue weighted by atomic mass is 16.5. The van der Waals surface area contributed by atoms with Crippen LogP contribution in [0.1, 0.15) is 41.9 Å². The van der Waals surface area contributed by atoms with Gasteiger partial charge < -0.3 is 19.9 Å². The van der Waals surface area contributed by atoms with Crippen LogP contribution in [0.25, 0.3) is 0 Å². The maximum atomic E-state index is 12.0. The molecule has 1 N–H and O–H groups in total.